The number of halogens is 2. The van der Waals surface area contributed by atoms with E-state index in [1.165, 1.54) is 11.3 Å². The van der Waals surface area contributed by atoms with Crippen LogP contribution < -0.4 is 0 Å². The second-order valence-corrected chi connectivity index (χ2v) is 5.34. The number of nitrogens with zero attached hydrogens (tertiary/aromatic N) is 2. The Kier molecular flexibility index (Phi) is 4.34. The van der Waals surface area contributed by atoms with E-state index in [2.05, 4.69) is 9.97 Å². The molecule has 0 fully saturated rings. The van der Waals surface area contributed by atoms with Crippen molar-refractivity contribution in [3.8, 4) is 10.6 Å². The molecule has 90 valence electrons. The smallest absolute Gasteiger partial charge is 0.156 e. The monoisotopic (exact) mass is 288 g/mol. The molecule has 0 bridgehead atoms. The highest BCUT2D eigenvalue weighted by molar-refractivity contribution is 7.19. The van der Waals surface area contributed by atoms with Crippen molar-refractivity contribution in [1.82, 2.24) is 9.97 Å². The van der Waals surface area contributed by atoms with Crippen LogP contribution in [0.5, 0.6) is 0 Å². The molecule has 2 aromatic rings. The van der Waals surface area contributed by atoms with Crippen molar-refractivity contribution in [3.63, 3.8) is 0 Å². The highest BCUT2D eigenvalue weighted by Gasteiger charge is 2.07. The number of aromatic nitrogens is 2. The minimum atomic E-state index is 0.364. The predicted octanol–water partition coefficient (Wildman–Crippen LogP) is 4.05. The lowest BCUT2D eigenvalue weighted by molar-refractivity contribution is 0.128. The van der Waals surface area contributed by atoms with E-state index in [0.29, 0.717) is 24.2 Å². The van der Waals surface area contributed by atoms with E-state index in [-0.39, 0.29) is 0 Å². The Morgan fingerprint density at radius 1 is 1.29 bits per heavy atom. The molecular weight excluding hydrogens is 279 g/mol. The first-order valence-electron chi connectivity index (χ1n) is 5.06. The summed E-state index contributed by atoms with van der Waals surface area (Å²) in [4.78, 5) is 9.46. The fraction of sp³-hybridized carbons (Fsp3) is 0.273. The third-order valence-corrected chi connectivity index (χ3v) is 3.45. The lowest BCUT2D eigenvalue weighted by atomic mass is 10.3. The van der Waals surface area contributed by atoms with Gasteiger partial charge in [-0.15, -0.1) is 11.3 Å². The predicted molar refractivity (Wildman–Crippen MR) is 70.7 cm³/mol. The molecule has 17 heavy (non-hydrogen) atoms. The van der Waals surface area contributed by atoms with E-state index in [0.717, 1.165) is 14.9 Å². The molecule has 0 aliphatic rings. The van der Waals surface area contributed by atoms with Crippen molar-refractivity contribution < 1.29 is 4.74 Å². The summed E-state index contributed by atoms with van der Waals surface area (Å²) in [5, 5.41) is 0.411. The molecule has 0 aromatic carbocycles. The van der Waals surface area contributed by atoms with Gasteiger partial charge in [0.1, 0.15) is 11.8 Å². The van der Waals surface area contributed by atoms with Crippen molar-refractivity contribution in [2.24, 2.45) is 0 Å². The molecule has 0 amide bonds. The summed E-state index contributed by atoms with van der Waals surface area (Å²) < 4.78 is 5.99. The molecule has 0 atom stereocenters. The van der Waals surface area contributed by atoms with Crippen molar-refractivity contribution in [3.05, 3.63) is 33.5 Å². The van der Waals surface area contributed by atoms with Gasteiger partial charge >= 0.3 is 0 Å². The van der Waals surface area contributed by atoms with E-state index >= 15 is 0 Å². The molecule has 0 aliphatic heterocycles. The van der Waals surface area contributed by atoms with E-state index in [1.807, 2.05) is 19.1 Å². The largest absolute Gasteiger partial charge is 0.374 e. The lowest BCUT2D eigenvalue weighted by Gasteiger charge is -2.03. The van der Waals surface area contributed by atoms with Gasteiger partial charge in [0.2, 0.25) is 0 Å². The number of rotatable bonds is 4. The van der Waals surface area contributed by atoms with Crippen molar-refractivity contribution >= 4 is 34.5 Å². The van der Waals surface area contributed by atoms with E-state index in [4.69, 9.17) is 27.9 Å². The highest BCUT2D eigenvalue weighted by atomic mass is 35.5. The second-order valence-electron chi connectivity index (χ2n) is 3.23. The second kappa shape index (κ2) is 5.78. The van der Waals surface area contributed by atoms with Crippen LogP contribution in [-0.4, -0.2) is 16.6 Å². The molecule has 0 N–H and O–H groups in total. The summed E-state index contributed by atoms with van der Waals surface area (Å²) in [6, 6.07) is 5.47. The van der Waals surface area contributed by atoms with Gasteiger partial charge in [-0.05, 0) is 19.1 Å². The first-order chi connectivity index (χ1) is 8.19. The Labute approximate surface area is 113 Å². The molecule has 0 saturated heterocycles. The van der Waals surface area contributed by atoms with Gasteiger partial charge in [-0.3, -0.25) is 0 Å². The molecule has 0 spiro atoms. The summed E-state index contributed by atoms with van der Waals surface area (Å²) in [6.45, 7) is 2.91. The molecular formula is C11H10Cl2N2OS. The van der Waals surface area contributed by atoms with Crippen LogP contribution in [0.4, 0.5) is 0 Å². The molecule has 2 heterocycles. The van der Waals surface area contributed by atoms with Crippen molar-refractivity contribution in [2.75, 3.05) is 6.61 Å². The number of hydrogen-bond donors (Lipinski definition) is 0. The number of ether oxygens (including phenoxy) is 1. The van der Waals surface area contributed by atoms with Crippen LogP contribution in [0, 0.1) is 0 Å². The summed E-state index contributed by atoms with van der Waals surface area (Å²) in [6.07, 6.45) is 0. The van der Waals surface area contributed by atoms with Crippen LogP contribution in [0.25, 0.3) is 10.6 Å². The van der Waals surface area contributed by atoms with Gasteiger partial charge in [0.05, 0.1) is 14.9 Å². The third kappa shape index (κ3) is 3.39. The minimum Gasteiger partial charge on any atom is -0.374 e. The maximum absolute atomic E-state index is 5.95. The van der Waals surface area contributed by atoms with Crippen LogP contribution in [0.2, 0.25) is 9.49 Å². The zero-order valence-corrected chi connectivity index (χ0v) is 11.4. The zero-order valence-electron chi connectivity index (χ0n) is 9.11. The minimum absolute atomic E-state index is 0.364. The Morgan fingerprint density at radius 2 is 2.12 bits per heavy atom. The highest BCUT2D eigenvalue weighted by Crippen LogP contribution is 2.30. The van der Waals surface area contributed by atoms with Gasteiger partial charge in [-0.2, -0.15) is 0 Å². The number of thiophene rings is 1. The third-order valence-electron chi connectivity index (χ3n) is 2.00. The summed E-state index contributed by atoms with van der Waals surface area (Å²) >= 11 is 13.3. The van der Waals surface area contributed by atoms with Gasteiger partial charge in [0, 0.05) is 12.7 Å². The van der Waals surface area contributed by atoms with Crippen LogP contribution in [0.3, 0.4) is 0 Å². The Bertz CT molecular complexity index is 516. The molecule has 0 radical (unpaired) electrons. The summed E-state index contributed by atoms with van der Waals surface area (Å²) in [5.74, 6) is 0.582. The van der Waals surface area contributed by atoms with Gasteiger partial charge in [-0.25, -0.2) is 9.97 Å². The average Bonchev–Trinajstić information content (AvgIpc) is 2.72. The fourth-order valence-corrected chi connectivity index (χ4v) is 2.51. The Morgan fingerprint density at radius 3 is 2.76 bits per heavy atom. The summed E-state index contributed by atoms with van der Waals surface area (Å²) in [7, 11) is 0. The van der Waals surface area contributed by atoms with Crippen LogP contribution in [-0.2, 0) is 11.3 Å². The fourth-order valence-electron chi connectivity index (χ4n) is 1.30. The first-order valence-corrected chi connectivity index (χ1v) is 6.63. The van der Waals surface area contributed by atoms with Gasteiger partial charge in [-0.1, -0.05) is 23.2 Å². The van der Waals surface area contributed by atoms with Crippen molar-refractivity contribution in [1.29, 1.82) is 0 Å². The maximum atomic E-state index is 5.95. The van der Waals surface area contributed by atoms with E-state index in [1.54, 1.807) is 6.07 Å². The molecule has 0 unspecified atom stereocenters. The normalized spacial score (nSPS) is 10.8. The van der Waals surface area contributed by atoms with Gasteiger partial charge in [0.25, 0.3) is 0 Å². The molecule has 6 heteroatoms. The average molecular weight is 289 g/mol. The van der Waals surface area contributed by atoms with E-state index < -0.39 is 0 Å². The molecule has 0 aliphatic carbocycles. The molecule has 2 aromatic heterocycles. The van der Waals surface area contributed by atoms with Gasteiger partial charge in [0.15, 0.2) is 5.82 Å². The Hall–Kier alpha value is -0.680. The topological polar surface area (TPSA) is 35.0 Å². The maximum Gasteiger partial charge on any atom is 0.156 e. The molecule has 2 rings (SSSR count). The summed E-state index contributed by atoms with van der Waals surface area (Å²) in [5.41, 5.74) is 0.775. The van der Waals surface area contributed by atoms with Gasteiger partial charge < -0.3 is 4.74 Å². The first kappa shape index (κ1) is 12.8. The van der Waals surface area contributed by atoms with Crippen molar-refractivity contribution in [2.45, 2.75) is 13.5 Å². The quantitative estimate of drug-likeness (QED) is 0.796. The zero-order chi connectivity index (χ0) is 12.3. The van der Waals surface area contributed by atoms with E-state index in [9.17, 15) is 0 Å². The molecule has 0 saturated carbocycles. The Balaban J connectivity index is 2.31. The van der Waals surface area contributed by atoms with Crippen LogP contribution in [0.15, 0.2) is 18.2 Å². The molecule has 3 nitrogen and oxygen atoms in total. The lowest BCUT2D eigenvalue weighted by Crippen LogP contribution is -2.00. The number of hydrogen-bond acceptors (Lipinski definition) is 4. The SMILES string of the molecule is CCOCc1nc(Cl)cc(-c2ccc(Cl)s2)n1. The van der Waals surface area contributed by atoms with Crippen LogP contribution in [0.1, 0.15) is 12.7 Å². The van der Waals surface area contributed by atoms with Crippen LogP contribution >= 0.6 is 34.5 Å². The standard InChI is InChI=1S/C11H10Cl2N2OS/c1-2-16-6-11-14-7(5-9(12)15-11)8-3-4-10(13)17-8/h3-5H,2,6H2,1H3.